The van der Waals surface area contributed by atoms with Crippen molar-refractivity contribution in [2.75, 3.05) is 46.6 Å². The molecule has 0 unspecified atom stereocenters. The van der Waals surface area contributed by atoms with E-state index in [-0.39, 0.29) is 0 Å². The second-order valence-corrected chi connectivity index (χ2v) is 5.17. The third-order valence-electron chi connectivity index (χ3n) is 3.26. The van der Waals surface area contributed by atoms with Crippen LogP contribution in [-0.4, -0.2) is 62.7 Å². The lowest BCUT2D eigenvalue weighted by atomic mass is 10.2. The van der Waals surface area contributed by atoms with E-state index in [0.717, 1.165) is 65.0 Å². The summed E-state index contributed by atoms with van der Waals surface area (Å²) in [6.07, 6.45) is 7.00. The normalized spacial score (nSPS) is 17.0. The number of ether oxygens (including phenoxy) is 2. The van der Waals surface area contributed by atoms with Crippen molar-refractivity contribution in [2.45, 2.75) is 44.6 Å². The third kappa shape index (κ3) is 8.03. The van der Waals surface area contributed by atoms with Gasteiger partial charge in [-0.05, 0) is 45.6 Å². The van der Waals surface area contributed by atoms with E-state index >= 15 is 0 Å². The molecule has 4 heteroatoms. The van der Waals surface area contributed by atoms with Crippen molar-refractivity contribution >= 4 is 0 Å². The Bertz CT molecular complexity index is 184. The van der Waals surface area contributed by atoms with Crippen LogP contribution in [0.1, 0.15) is 38.5 Å². The van der Waals surface area contributed by atoms with E-state index in [0.29, 0.717) is 12.7 Å². The van der Waals surface area contributed by atoms with E-state index < -0.39 is 0 Å². The highest BCUT2D eigenvalue weighted by molar-refractivity contribution is 4.76. The van der Waals surface area contributed by atoms with Crippen molar-refractivity contribution in [3.63, 3.8) is 0 Å². The molecule has 4 nitrogen and oxygen atoms in total. The first-order valence-corrected chi connectivity index (χ1v) is 7.31. The van der Waals surface area contributed by atoms with E-state index in [2.05, 4.69) is 11.9 Å². The molecular formula is C14H29NO3. The summed E-state index contributed by atoms with van der Waals surface area (Å²) in [5, 5.41) is 8.61. The number of nitrogens with zero attached hydrogens (tertiary/aromatic N) is 1. The van der Waals surface area contributed by atoms with Crippen molar-refractivity contribution in [3.8, 4) is 0 Å². The van der Waals surface area contributed by atoms with Crippen LogP contribution in [0, 0.1) is 0 Å². The zero-order chi connectivity index (χ0) is 13.1. The lowest BCUT2D eigenvalue weighted by Gasteiger charge is -2.35. The Hall–Kier alpha value is -0.160. The second kappa shape index (κ2) is 10.7. The zero-order valence-corrected chi connectivity index (χ0v) is 11.8. The molecule has 0 aliphatic carbocycles. The smallest absolute Gasteiger partial charge is 0.0828 e. The molecule has 0 aromatic heterocycles. The minimum absolute atomic E-state index is 0.302. The van der Waals surface area contributed by atoms with Crippen LogP contribution in [0.2, 0.25) is 0 Å². The quantitative estimate of drug-likeness (QED) is 0.541. The van der Waals surface area contributed by atoms with Gasteiger partial charge in [0.2, 0.25) is 0 Å². The number of likely N-dealkylation sites (N-methyl/N-ethyl adjacent to an activating group) is 1. The van der Waals surface area contributed by atoms with Crippen LogP contribution in [0.4, 0.5) is 0 Å². The highest BCUT2D eigenvalue weighted by Gasteiger charge is 2.22. The minimum Gasteiger partial charge on any atom is -0.396 e. The van der Waals surface area contributed by atoms with Crippen LogP contribution in [0.25, 0.3) is 0 Å². The molecule has 1 rings (SSSR count). The third-order valence-corrected chi connectivity index (χ3v) is 3.26. The van der Waals surface area contributed by atoms with Gasteiger partial charge in [-0.3, -0.25) is 0 Å². The fraction of sp³-hybridized carbons (Fsp3) is 1.00. The largest absolute Gasteiger partial charge is 0.396 e. The molecule has 0 spiro atoms. The standard InChI is InChI=1S/C14H29NO3/c1-15-12-14(13-15)18-11-7-3-6-10-17-9-5-2-4-8-16/h14,16H,2-13H2,1H3. The summed E-state index contributed by atoms with van der Waals surface area (Å²) < 4.78 is 11.2. The predicted molar refractivity (Wildman–Crippen MR) is 72.8 cm³/mol. The Kier molecular flexibility index (Phi) is 9.48. The van der Waals surface area contributed by atoms with Crippen LogP contribution >= 0.6 is 0 Å². The molecule has 0 aromatic carbocycles. The topological polar surface area (TPSA) is 41.9 Å². The minimum atomic E-state index is 0.302. The van der Waals surface area contributed by atoms with Crippen LogP contribution in [0.3, 0.4) is 0 Å². The highest BCUT2D eigenvalue weighted by Crippen LogP contribution is 2.09. The van der Waals surface area contributed by atoms with Crippen molar-refractivity contribution in [2.24, 2.45) is 0 Å². The van der Waals surface area contributed by atoms with E-state index in [4.69, 9.17) is 14.6 Å². The lowest BCUT2D eigenvalue weighted by Crippen LogP contribution is -2.49. The second-order valence-electron chi connectivity index (χ2n) is 5.17. The molecule has 0 radical (unpaired) electrons. The van der Waals surface area contributed by atoms with Crippen LogP contribution in [0.5, 0.6) is 0 Å². The van der Waals surface area contributed by atoms with Gasteiger partial charge in [0.05, 0.1) is 6.10 Å². The van der Waals surface area contributed by atoms with Gasteiger partial charge in [0.1, 0.15) is 0 Å². The highest BCUT2D eigenvalue weighted by atomic mass is 16.5. The maximum Gasteiger partial charge on any atom is 0.0828 e. The average Bonchev–Trinajstić information content (AvgIpc) is 2.33. The Morgan fingerprint density at radius 1 is 0.944 bits per heavy atom. The van der Waals surface area contributed by atoms with Crippen molar-refractivity contribution in [1.29, 1.82) is 0 Å². The van der Waals surface area contributed by atoms with Gasteiger partial charge >= 0.3 is 0 Å². The Morgan fingerprint density at radius 2 is 1.56 bits per heavy atom. The summed E-state index contributed by atoms with van der Waals surface area (Å²) >= 11 is 0. The molecule has 18 heavy (non-hydrogen) atoms. The first-order valence-electron chi connectivity index (χ1n) is 7.31. The van der Waals surface area contributed by atoms with Gasteiger partial charge in [-0.15, -0.1) is 0 Å². The molecule has 0 aromatic rings. The molecule has 108 valence electrons. The monoisotopic (exact) mass is 259 g/mol. The fourth-order valence-electron chi connectivity index (χ4n) is 2.07. The lowest BCUT2D eigenvalue weighted by molar-refractivity contribution is -0.0444. The first-order chi connectivity index (χ1) is 8.83. The van der Waals surface area contributed by atoms with E-state index in [1.54, 1.807) is 0 Å². The van der Waals surface area contributed by atoms with Crippen molar-refractivity contribution < 1.29 is 14.6 Å². The number of rotatable bonds is 12. The summed E-state index contributed by atoms with van der Waals surface area (Å²) in [5.41, 5.74) is 0. The van der Waals surface area contributed by atoms with Gasteiger partial charge in [0, 0.05) is 39.5 Å². The molecule has 0 atom stereocenters. The number of hydrogen-bond donors (Lipinski definition) is 1. The molecule has 0 amide bonds. The molecule has 1 fully saturated rings. The van der Waals surface area contributed by atoms with Gasteiger partial charge in [-0.2, -0.15) is 0 Å². The van der Waals surface area contributed by atoms with Gasteiger partial charge < -0.3 is 19.5 Å². The van der Waals surface area contributed by atoms with Crippen molar-refractivity contribution in [3.05, 3.63) is 0 Å². The van der Waals surface area contributed by atoms with Crippen LogP contribution in [0.15, 0.2) is 0 Å². The molecule has 1 saturated heterocycles. The maximum absolute atomic E-state index is 8.61. The summed E-state index contributed by atoms with van der Waals surface area (Å²) in [6.45, 7) is 5.09. The average molecular weight is 259 g/mol. The van der Waals surface area contributed by atoms with Crippen molar-refractivity contribution in [1.82, 2.24) is 4.90 Å². The number of unbranched alkanes of at least 4 members (excludes halogenated alkanes) is 4. The van der Waals surface area contributed by atoms with E-state index in [9.17, 15) is 0 Å². The van der Waals surface area contributed by atoms with Crippen LogP contribution in [-0.2, 0) is 9.47 Å². The summed E-state index contributed by atoms with van der Waals surface area (Å²) in [6, 6.07) is 0. The number of aliphatic hydroxyl groups is 1. The summed E-state index contributed by atoms with van der Waals surface area (Å²) in [4.78, 5) is 2.27. The summed E-state index contributed by atoms with van der Waals surface area (Å²) in [5.74, 6) is 0. The Labute approximate surface area is 111 Å². The van der Waals surface area contributed by atoms with Crippen LogP contribution < -0.4 is 0 Å². The fourth-order valence-corrected chi connectivity index (χ4v) is 2.07. The molecular weight excluding hydrogens is 230 g/mol. The summed E-state index contributed by atoms with van der Waals surface area (Å²) in [7, 11) is 2.12. The molecule has 1 heterocycles. The molecule has 1 aliphatic heterocycles. The number of aliphatic hydroxyl groups excluding tert-OH is 1. The predicted octanol–water partition coefficient (Wildman–Crippen LogP) is 1.67. The molecule has 0 bridgehead atoms. The molecule has 1 aliphatic rings. The molecule has 0 saturated carbocycles. The van der Waals surface area contributed by atoms with E-state index in [1.807, 2.05) is 0 Å². The van der Waals surface area contributed by atoms with Gasteiger partial charge in [0.25, 0.3) is 0 Å². The van der Waals surface area contributed by atoms with Gasteiger partial charge in [0.15, 0.2) is 0 Å². The maximum atomic E-state index is 8.61. The van der Waals surface area contributed by atoms with E-state index in [1.165, 1.54) is 6.42 Å². The molecule has 1 N–H and O–H groups in total. The number of likely N-dealkylation sites (tertiary alicyclic amines) is 1. The van der Waals surface area contributed by atoms with Gasteiger partial charge in [-0.1, -0.05) is 0 Å². The Balaban J connectivity index is 1.66. The zero-order valence-electron chi connectivity index (χ0n) is 11.8. The SMILES string of the molecule is CN1CC(OCCCCCOCCCCCO)C1. The number of hydrogen-bond acceptors (Lipinski definition) is 4. The van der Waals surface area contributed by atoms with Gasteiger partial charge in [-0.25, -0.2) is 0 Å². The Morgan fingerprint density at radius 3 is 2.17 bits per heavy atom. The first kappa shape index (κ1) is 15.9.